The van der Waals surface area contributed by atoms with Crippen LogP contribution in [0.25, 0.3) is 11.0 Å². The van der Waals surface area contributed by atoms with Gasteiger partial charge in [-0.25, -0.2) is 9.97 Å². The molecular formula is C24H30BrClN4OS. The molecule has 3 aromatic rings. The molecule has 5 nitrogen and oxygen atoms in total. The second-order valence-electron chi connectivity index (χ2n) is 9.41. The molecule has 0 aliphatic carbocycles. The molecular weight excluding hydrogens is 508 g/mol. The molecule has 0 N–H and O–H groups in total. The molecule has 1 aliphatic heterocycles. The highest BCUT2D eigenvalue weighted by Gasteiger charge is 2.25. The largest absolute Gasteiger partial charge is 0.381 e. The molecule has 0 radical (unpaired) electrons. The van der Waals surface area contributed by atoms with Gasteiger partial charge in [-0.15, -0.1) is 0 Å². The third kappa shape index (κ3) is 5.44. The van der Waals surface area contributed by atoms with Crippen LogP contribution >= 0.6 is 39.5 Å². The summed E-state index contributed by atoms with van der Waals surface area (Å²) in [6.07, 6.45) is 5.26. The van der Waals surface area contributed by atoms with Gasteiger partial charge >= 0.3 is 0 Å². The molecule has 0 spiro atoms. The number of halogens is 2. The fourth-order valence-corrected chi connectivity index (χ4v) is 5.56. The number of hydrogen-bond acceptors (Lipinski definition) is 5. The Bertz CT molecular complexity index is 1090. The number of aromatic nitrogens is 3. The number of anilines is 1. The van der Waals surface area contributed by atoms with Crippen molar-refractivity contribution in [2.24, 2.45) is 5.92 Å². The lowest BCUT2D eigenvalue weighted by Crippen LogP contribution is -2.22. The van der Waals surface area contributed by atoms with Crippen LogP contribution in [0.5, 0.6) is 0 Å². The van der Waals surface area contributed by atoms with E-state index in [1.165, 1.54) is 11.9 Å². The van der Waals surface area contributed by atoms with E-state index in [-0.39, 0.29) is 5.41 Å². The number of hydrogen-bond donors (Lipinski definition) is 0. The van der Waals surface area contributed by atoms with Crippen molar-refractivity contribution in [3.8, 4) is 0 Å². The zero-order chi connectivity index (χ0) is 22.9. The van der Waals surface area contributed by atoms with E-state index < -0.39 is 0 Å². The number of rotatable bonds is 5. The molecule has 1 aromatic carbocycles. The first-order chi connectivity index (χ1) is 15.2. The van der Waals surface area contributed by atoms with Crippen molar-refractivity contribution in [2.45, 2.75) is 56.9 Å². The van der Waals surface area contributed by atoms with Gasteiger partial charge in [0.2, 0.25) is 0 Å². The van der Waals surface area contributed by atoms with Gasteiger partial charge in [0, 0.05) is 49.0 Å². The fraction of sp³-hybridized carbons (Fsp3) is 0.500. The zero-order valence-corrected chi connectivity index (χ0v) is 22.2. The summed E-state index contributed by atoms with van der Waals surface area (Å²) in [5.41, 5.74) is 3.32. The minimum Gasteiger partial charge on any atom is -0.381 e. The molecule has 3 heterocycles. The molecule has 2 aromatic heterocycles. The standard InChI is InChI=1S/C24H30BrClN4OS/c1-24(2,3)23-28-20-12-17(29(4)32-18-13-19(25)22(26)27-14-18)7-8-21(20)30(23)15-16-6-5-10-31-11-9-16/h7-8,12-14,16H,5-6,9-11,15H2,1-4H3. The zero-order valence-electron chi connectivity index (χ0n) is 19.1. The van der Waals surface area contributed by atoms with E-state index in [9.17, 15) is 0 Å². The summed E-state index contributed by atoms with van der Waals surface area (Å²) in [4.78, 5) is 10.3. The molecule has 1 saturated heterocycles. The molecule has 172 valence electrons. The monoisotopic (exact) mass is 536 g/mol. The number of pyridine rings is 1. The highest BCUT2D eigenvalue weighted by molar-refractivity contribution is 9.10. The van der Waals surface area contributed by atoms with Crippen LogP contribution in [-0.4, -0.2) is 34.8 Å². The van der Waals surface area contributed by atoms with Gasteiger partial charge in [-0.2, -0.15) is 0 Å². The Morgan fingerprint density at radius 2 is 2.06 bits per heavy atom. The van der Waals surface area contributed by atoms with Crippen molar-refractivity contribution in [3.05, 3.63) is 45.9 Å². The number of imidazole rings is 1. The van der Waals surface area contributed by atoms with Gasteiger partial charge in [-0.05, 0) is 77.3 Å². The lowest BCUT2D eigenvalue weighted by atomic mass is 9.94. The number of ether oxygens (including phenoxy) is 1. The van der Waals surface area contributed by atoms with Gasteiger partial charge in [-0.3, -0.25) is 0 Å². The summed E-state index contributed by atoms with van der Waals surface area (Å²) in [6.45, 7) is 9.49. The summed E-state index contributed by atoms with van der Waals surface area (Å²) in [5, 5.41) is 0.471. The van der Waals surface area contributed by atoms with Crippen LogP contribution in [0.4, 0.5) is 5.69 Å². The molecule has 0 bridgehead atoms. The van der Waals surface area contributed by atoms with Crippen LogP contribution in [-0.2, 0) is 16.7 Å². The average Bonchev–Trinajstić information content (AvgIpc) is 2.91. The number of fused-ring (bicyclic) bond motifs is 1. The molecule has 4 rings (SSSR count). The second kappa shape index (κ2) is 9.92. The lowest BCUT2D eigenvalue weighted by Gasteiger charge is -2.23. The normalized spacial score (nSPS) is 17.5. The van der Waals surface area contributed by atoms with Crippen LogP contribution in [0, 0.1) is 5.92 Å². The van der Waals surface area contributed by atoms with Crippen molar-refractivity contribution in [1.82, 2.24) is 14.5 Å². The molecule has 0 saturated carbocycles. The van der Waals surface area contributed by atoms with Gasteiger partial charge in [0.15, 0.2) is 0 Å². The summed E-state index contributed by atoms with van der Waals surface area (Å²) < 4.78 is 11.1. The van der Waals surface area contributed by atoms with Crippen molar-refractivity contribution in [1.29, 1.82) is 0 Å². The van der Waals surface area contributed by atoms with Gasteiger partial charge in [-0.1, -0.05) is 32.4 Å². The fourth-order valence-electron chi connectivity index (χ4n) is 4.15. The molecule has 32 heavy (non-hydrogen) atoms. The Hall–Kier alpha value is -1.28. The Kier molecular flexibility index (Phi) is 7.40. The Labute approximate surface area is 208 Å². The minimum absolute atomic E-state index is 0.0255. The first-order valence-corrected chi connectivity index (χ1v) is 13.0. The second-order valence-corrected chi connectivity index (χ2v) is 11.8. The maximum Gasteiger partial charge on any atom is 0.143 e. The minimum atomic E-state index is -0.0255. The van der Waals surface area contributed by atoms with E-state index in [4.69, 9.17) is 21.3 Å². The number of benzene rings is 1. The average molecular weight is 538 g/mol. The van der Waals surface area contributed by atoms with Crippen LogP contribution in [0.3, 0.4) is 0 Å². The van der Waals surface area contributed by atoms with Crippen LogP contribution in [0.15, 0.2) is 39.8 Å². The van der Waals surface area contributed by atoms with Crippen molar-refractivity contribution in [3.63, 3.8) is 0 Å². The van der Waals surface area contributed by atoms with Crippen molar-refractivity contribution in [2.75, 3.05) is 24.6 Å². The van der Waals surface area contributed by atoms with Crippen molar-refractivity contribution < 1.29 is 4.74 Å². The highest BCUT2D eigenvalue weighted by atomic mass is 79.9. The molecule has 1 unspecified atom stereocenters. The van der Waals surface area contributed by atoms with Gasteiger partial charge < -0.3 is 13.6 Å². The first-order valence-electron chi connectivity index (χ1n) is 11.0. The van der Waals surface area contributed by atoms with E-state index in [0.29, 0.717) is 11.1 Å². The van der Waals surface area contributed by atoms with E-state index in [0.717, 1.165) is 59.0 Å². The quantitative estimate of drug-likeness (QED) is 0.256. The molecule has 0 amide bonds. The van der Waals surface area contributed by atoms with Gasteiger partial charge in [0.1, 0.15) is 11.0 Å². The van der Waals surface area contributed by atoms with E-state index in [1.807, 2.05) is 6.07 Å². The smallest absolute Gasteiger partial charge is 0.143 e. The topological polar surface area (TPSA) is 43.2 Å². The summed E-state index contributed by atoms with van der Waals surface area (Å²) in [5.74, 6) is 1.78. The third-order valence-electron chi connectivity index (χ3n) is 5.79. The molecule has 1 aliphatic rings. The SMILES string of the molecule is CN(Sc1cnc(Cl)c(Br)c1)c1ccc2c(c1)nc(C(C)(C)C)n2CC1CCCOCC1. The Morgan fingerprint density at radius 1 is 1.25 bits per heavy atom. The van der Waals surface area contributed by atoms with Crippen molar-refractivity contribution >= 4 is 56.2 Å². The predicted octanol–water partition coefficient (Wildman–Crippen LogP) is 7.10. The van der Waals surface area contributed by atoms with Crippen LogP contribution in [0.2, 0.25) is 5.15 Å². The van der Waals surface area contributed by atoms with E-state index >= 15 is 0 Å². The molecule has 1 fully saturated rings. The summed E-state index contributed by atoms with van der Waals surface area (Å²) in [6, 6.07) is 8.56. The van der Waals surface area contributed by atoms with Crippen LogP contribution < -0.4 is 4.31 Å². The third-order valence-corrected chi connectivity index (χ3v) is 7.84. The highest BCUT2D eigenvalue weighted by Crippen LogP contribution is 2.34. The Balaban J connectivity index is 1.63. The molecule has 8 heteroatoms. The van der Waals surface area contributed by atoms with E-state index in [1.54, 1.807) is 18.1 Å². The first kappa shape index (κ1) is 23.9. The predicted molar refractivity (Wildman–Crippen MR) is 138 cm³/mol. The lowest BCUT2D eigenvalue weighted by molar-refractivity contribution is 0.140. The van der Waals surface area contributed by atoms with E-state index in [2.05, 4.69) is 75.8 Å². The Morgan fingerprint density at radius 3 is 2.81 bits per heavy atom. The van der Waals surface area contributed by atoms with Gasteiger partial charge in [0.25, 0.3) is 0 Å². The van der Waals surface area contributed by atoms with Gasteiger partial charge in [0.05, 0.1) is 15.5 Å². The maximum atomic E-state index is 6.03. The van der Waals surface area contributed by atoms with Crippen LogP contribution in [0.1, 0.15) is 45.9 Å². The summed E-state index contributed by atoms with van der Waals surface area (Å²) in [7, 11) is 2.06. The maximum absolute atomic E-state index is 6.03. The number of nitrogens with zero attached hydrogens (tertiary/aromatic N) is 4. The summed E-state index contributed by atoms with van der Waals surface area (Å²) >= 11 is 11.1. The molecule has 1 atom stereocenters.